The molecule has 1 aliphatic carbocycles. The molecule has 0 bridgehead atoms. The second-order valence-electron chi connectivity index (χ2n) is 8.66. The van der Waals surface area contributed by atoms with Crippen molar-refractivity contribution in [2.75, 3.05) is 20.6 Å². The minimum absolute atomic E-state index is 0.0291. The van der Waals surface area contributed by atoms with Crippen molar-refractivity contribution in [3.8, 4) is 0 Å². The smallest absolute Gasteiger partial charge is 0.227 e. The molecule has 0 spiro atoms. The molecule has 1 N–H and O–H groups in total. The third kappa shape index (κ3) is 5.93. The van der Waals surface area contributed by atoms with E-state index in [0.717, 1.165) is 36.8 Å². The summed E-state index contributed by atoms with van der Waals surface area (Å²) >= 11 is 1.88. The van der Waals surface area contributed by atoms with Crippen LogP contribution >= 0.6 is 11.3 Å². The molecule has 2 aromatic rings. The van der Waals surface area contributed by atoms with Crippen LogP contribution in [0.2, 0.25) is 0 Å². The van der Waals surface area contributed by atoms with E-state index in [1.54, 1.807) is 0 Å². The summed E-state index contributed by atoms with van der Waals surface area (Å²) in [5.41, 5.74) is 1.12. The molecule has 4 heteroatoms. The van der Waals surface area contributed by atoms with E-state index in [4.69, 9.17) is 0 Å². The largest absolute Gasteiger partial charge is 0.356 e. The van der Waals surface area contributed by atoms with Crippen molar-refractivity contribution in [1.82, 2.24) is 10.2 Å². The summed E-state index contributed by atoms with van der Waals surface area (Å²) < 4.78 is 0. The van der Waals surface area contributed by atoms with Gasteiger partial charge in [-0.25, -0.2) is 0 Å². The monoisotopic (exact) mass is 412 g/mol. The molecule has 2 unspecified atom stereocenters. The van der Waals surface area contributed by atoms with E-state index in [1.165, 1.54) is 30.6 Å². The SMILES string of the molecule is CCC(C(=O)NCCC1CCC(C(c2cccs2)N(C)C)CC1)c1ccccc1. The Kier molecular flexibility index (Phi) is 8.31. The molecule has 3 nitrogen and oxygen atoms in total. The molecule has 3 rings (SSSR count). The molecule has 1 saturated carbocycles. The van der Waals surface area contributed by atoms with Crippen LogP contribution in [0.15, 0.2) is 47.8 Å². The van der Waals surface area contributed by atoms with Crippen LogP contribution in [0.25, 0.3) is 0 Å². The maximum atomic E-state index is 12.6. The van der Waals surface area contributed by atoms with E-state index in [9.17, 15) is 4.79 Å². The van der Waals surface area contributed by atoms with Crippen molar-refractivity contribution in [2.24, 2.45) is 11.8 Å². The van der Waals surface area contributed by atoms with Gasteiger partial charge in [-0.3, -0.25) is 4.79 Å². The first kappa shape index (κ1) is 22.0. The Morgan fingerprint density at radius 1 is 1.10 bits per heavy atom. The van der Waals surface area contributed by atoms with Gasteiger partial charge in [-0.1, -0.05) is 56.2 Å². The van der Waals surface area contributed by atoms with Crippen LogP contribution in [-0.2, 0) is 4.79 Å². The number of nitrogens with one attached hydrogen (secondary N) is 1. The Morgan fingerprint density at radius 3 is 2.41 bits per heavy atom. The Morgan fingerprint density at radius 2 is 1.83 bits per heavy atom. The molecular weight excluding hydrogens is 376 g/mol. The minimum atomic E-state index is -0.0291. The molecule has 1 heterocycles. The second kappa shape index (κ2) is 10.9. The van der Waals surface area contributed by atoms with Crippen molar-refractivity contribution in [3.05, 3.63) is 58.3 Å². The highest BCUT2D eigenvalue weighted by molar-refractivity contribution is 7.10. The highest BCUT2D eigenvalue weighted by Crippen LogP contribution is 2.41. The van der Waals surface area contributed by atoms with Gasteiger partial charge in [-0.05, 0) is 68.6 Å². The molecule has 0 aliphatic heterocycles. The zero-order valence-corrected chi connectivity index (χ0v) is 19.0. The molecule has 1 aromatic carbocycles. The molecule has 0 saturated heterocycles. The molecule has 1 aromatic heterocycles. The number of benzene rings is 1. The van der Waals surface area contributed by atoms with Gasteiger partial charge in [-0.2, -0.15) is 0 Å². The lowest BCUT2D eigenvalue weighted by atomic mass is 9.76. The first-order chi connectivity index (χ1) is 14.1. The maximum absolute atomic E-state index is 12.6. The molecule has 1 amide bonds. The van der Waals surface area contributed by atoms with Gasteiger partial charge in [0.2, 0.25) is 5.91 Å². The third-order valence-electron chi connectivity index (χ3n) is 6.51. The van der Waals surface area contributed by atoms with Crippen molar-refractivity contribution in [3.63, 3.8) is 0 Å². The van der Waals surface area contributed by atoms with Crippen molar-refractivity contribution in [2.45, 2.75) is 57.4 Å². The van der Waals surface area contributed by atoms with Crippen molar-refractivity contribution in [1.29, 1.82) is 0 Å². The Hall–Kier alpha value is -1.65. The van der Waals surface area contributed by atoms with E-state index >= 15 is 0 Å². The predicted octanol–water partition coefficient (Wildman–Crippen LogP) is 5.86. The van der Waals surface area contributed by atoms with E-state index in [0.29, 0.717) is 6.04 Å². The predicted molar refractivity (Wildman–Crippen MR) is 123 cm³/mol. The average molecular weight is 413 g/mol. The van der Waals surface area contributed by atoms with Crippen LogP contribution in [0.4, 0.5) is 0 Å². The number of carbonyl (C=O) groups is 1. The number of carbonyl (C=O) groups excluding carboxylic acids is 1. The van der Waals surface area contributed by atoms with Gasteiger partial charge in [0.25, 0.3) is 0 Å². The molecule has 2 atom stereocenters. The maximum Gasteiger partial charge on any atom is 0.227 e. The van der Waals surface area contributed by atoms with Crippen LogP contribution in [0.1, 0.15) is 67.8 Å². The van der Waals surface area contributed by atoms with Gasteiger partial charge < -0.3 is 10.2 Å². The quantitative estimate of drug-likeness (QED) is 0.560. The zero-order chi connectivity index (χ0) is 20.6. The van der Waals surface area contributed by atoms with Crippen LogP contribution in [0.5, 0.6) is 0 Å². The summed E-state index contributed by atoms with van der Waals surface area (Å²) in [6.45, 7) is 2.90. The fourth-order valence-corrected chi connectivity index (χ4v) is 5.96. The van der Waals surface area contributed by atoms with Crippen LogP contribution in [0, 0.1) is 11.8 Å². The van der Waals surface area contributed by atoms with Crippen LogP contribution in [0.3, 0.4) is 0 Å². The average Bonchev–Trinajstić information content (AvgIpc) is 3.25. The van der Waals surface area contributed by atoms with Crippen molar-refractivity contribution >= 4 is 17.2 Å². The first-order valence-electron chi connectivity index (χ1n) is 11.1. The highest BCUT2D eigenvalue weighted by atomic mass is 32.1. The molecule has 1 aliphatic rings. The first-order valence-corrected chi connectivity index (χ1v) is 12.0. The molecule has 1 fully saturated rings. The summed E-state index contributed by atoms with van der Waals surface area (Å²) in [4.78, 5) is 16.5. The second-order valence-corrected chi connectivity index (χ2v) is 9.64. The fourth-order valence-electron chi connectivity index (χ4n) is 4.94. The summed E-state index contributed by atoms with van der Waals surface area (Å²) in [5.74, 6) is 1.64. The zero-order valence-electron chi connectivity index (χ0n) is 18.1. The molecule has 0 radical (unpaired) electrons. The lowest BCUT2D eigenvalue weighted by Gasteiger charge is -2.37. The van der Waals surface area contributed by atoms with Gasteiger partial charge in [0, 0.05) is 17.5 Å². The summed E-state index contributed by atoms with van der Waals surface area (Å²) in [7, 11) is 4.42. The van der Waals surface area contributed by atoms with Crippen LogP contribution < -0.4 is 5.32 Å². The Bertz CT molecular complexity index is 721. The van der Waals surface area contributed by atoms with Gasteiger partial charge in [0.1, 0.15) is 0 Å². The number of amides is 1. The standard InChI is InChI=1S/C25H36N2OS/c1-4-22(20-9-6-5-7-10-20)25(28)26-17-16-19-12-14-21(15-13-19)24(27(2)3)23-11-8-18-29-23/h5-11,18-19,21-22,24H,4,12-17H2,1-3H3,(H,26,28). The van der Waals surface area contributed by atoms with Gasteiger partial charge in [-0.15, -0.1) is 11.3 Å². The number of hydrogen-bond donors (Lipinski definition) is 1. The van der Waals surface area contributed by atoms with E-state index in [-0.39, 0.29) is 11.8 Å². The highest BCUT2D eigenvalue weighted by Gasteiger charge is 2.30. The van der Waals surface area contributed by atoms with Gasteiger partial charge >= 0.3 is 0 Å². The minimum Gasteiger partial charge on any atom is -0.356 e. The normalized spacial score (nSPS) is 21.7. The lowest BCUT2D eigenvalue weighted by Crippen LogP contribution is -2.32. The number of hydrogen-bond acceptors (Lipinski definition) is 3. The summed E-state index contributed by atoms with van der Waals surface area (Å²) in [5, 5.41) is 5.40. The summed E-state index contributed by atoms with van der Waals surface area (Å²) in [6, 6.07) is 15.2. The number of nitrogens with zero attached hydrogens (tertiary/aromatic N) is 1. The molecule has 158 valence electrons. The molecular formula is C25H36N2OS. The fraction of sp³-hybridized carbons (Fsp3) is 0.560. The van der Waals surface area contributed by atoms with Crippen LogP contribution in [-0.4, -0.2) is 31.4 Å². The van der Waals surface area contributed by atoms with E-state index in [2.05, 4.69) is 60.9 Å². The topological polar surface area (TPSA) is 32.3 Å². The van der Waals surface area contributed by atoms with E-state index in [1.807, 2.05) is 29.5 Å². The number of rotatable bonds is 9. The lowest BCUT2D eigenvalue weighted by molar-refractivity contribution is -0.122. The van der Waals surface area contributed by atoms with Gasteiger partial charge in [0.05, 0.1) is 5.92 Å². The molecule has 29 heavy (non-hydrogen) atoms. The Labute approximate surface area is 180 Å². The Balaban J connectivity index is 1.43. The van der Waals surface area contributed by atoms with Crippen molar-refractivity contribution < 1.29 is 4.79 Å². The van der Waals surface area contributed by atoms with E-state index < -0.39 is 0 Å². The third-order valence-corrected chi connectivity index (χ3v) is 7.45. The van der Waals surface area contributed by atoms with Gasteiger partial charge in [0.15, 0.2) is 0 Å². The summed E-state index contributed by atoms with van der Waals surface area (Å²) in [6.07, 6.45) is 7.10. The number of thiophene rings is 1.